The molecule has 2 saturated heterocycles. The zero-order chi connectivity index (χ0) is 12.0. The zero-order valence-electron chi connectivity index (χ0n) is 10.0. The smallest absolute Gasteiger partial charge is 0.102 e. The van der Waals surface area contributed by atoms with E-state index in [0.29, 0.717) is 30.6 Å². The molecule has 2 aliphatic heterocycles. The Balaban J connectivity index is 1.83. The van der Waals surface area contributed by atoms with Gasteiger partial charge in [0.05, 0.1) is 17.8 Å². The van der Waals surface area contributed by atoms with E-state index in [-0.39, 0.29) is 0 Å². The molecule has 0 spiro atoms. The maximum absolute atomic E-state index is 10.7. The lowest BCUT2D eigenvalue weighted by Crippen LogP contribution is -2.53. The predicted octanol–water partition coefficient (Wildman–Crippen LogP) is -0.540. The molecule has 2 bridgehead atoms. The number of hydrogen-bond acceptors (Lipinski definition) is 5. The van der Waals surface area contributed by atoms with Gasteiger partial charge in [-0.05, 0) is 25.7 Å². The van der Waals surface area contributed by atoms with Crippen LogP contribution in [0.15, 0.2) is 6.20 Å². The van der Waals surface area contributed by atoms with E-state index in [9.17, 15) is 5.11 Å². The quantitative estimate of drug-likeness (QED) is 0.643. The molecule has 2 fully saturated rings. The monoisotopic (exact) mass is 237 g/mol. The minimum Gasteiger partial charge on any atom is -0.388 e. The molecule has 3 atom stereocenters. The molecule has 3 heterocycles. The van der Waals surface area contributed by atoms with E-state index in [4.69, 9.17) is 5.73 Å². The molecule has 0 saturated carbocycles. The highest BCUT2D eigenvalue weighted by atomic mass is 16.3. The van der Waals surface area contributed by atoms with Crippen LogP contribution < -0.4 is 11.1 Å². The molecule has 6 heteroatoms. The number of nitrogens with one attached hydrogen (secondary N) is 1. The first-order chi connectivity index (χ1) is 8.07. The summed E-state index contributed by atoms with van der Waals surface area (Å²) in [7, 11) is 1.76. The molecule has 0 aromatic carbocycles. The van der Waals surface area contributed by atoms with Crippen molar-refractivity contribution < 1.29 is 5.11 Å². The number of nitrogens with two attached hydrogens (primary N) is 1. The van der Waals surface area contributed by atoms with E-state index in [1.165, 1.54) is 4.80 Å². The standard InChI is InChI=1S/C11H19N5O/c1-16-13-6-9(15-16)10(12)11(17)4-7-2-3-8(5-11)14-7/h6-8,10,14,17H,2-5,12H2,1H3. The predicted molar refractivity (Wildman–Crippen MR) is 62.1 cm³/mol. The summed E-state index contributed by atoms with van der Waals surface area (Å²) in [5, 5.41) is 22.5. The summed E-state index contributed by atoms with van der Waals surface area (Å²) in [5.74, 6) is 0. The number of fused-ring (bicyclic) bond motifs is 2. The van der Waals surface area contributed by atoms with Gasteiger partial charge in [0.2, 0.25) is 0 Å². The number of hydrogen-bond donors (Lipinski definition) is 3. The van der Waals surface area contributed by atoms with Gasteiger partial charge in [-0.25, -0.2) is 0 Å². The van der Waals surface area contributed by atoms with Gasteiger partial charge in [0.1, 0.15) is 5.69 Å². The molecule has 0 radical (unpaired) electrons. The summed E-state index contributed by atoms with van der Waals surface area (Å²) in [6.07, 6.45) is 5.34. The summed E-state index contributed by atoms with van der Waals surface area (Å²) in [6, 6.07) is 0.365. The van der Waals surface area contributed by atoms with Crippen molar-refractivity contribution in [1.29, 1.82) is 0 Å². The van der Waals surface area contributed by atoms with Crippen LogP contribution in [0.1, 0.15) is 37.4 Å². The average Bonchev–Trinajstić information content (AvgIpc) is 2.84. The van der Waals surface area contributed by atoms with Crippen molar-refractivity contribution in [3.8, 4) is 0 Å². The van der Waals surface area contributed by atoms with Crippen LogP contribution in [0.2, 0.25) is 0 Å². The Labute approximate surface area is 100 Å². The first-order valence-corrected chi connectivity index (χ1v) is 6.17. The minimum atomic E-state index is -0.840. The Morgan fingerprint density at radius 3 is 2.71 bits per heavy atom. The van der Waals surface area contributed by atoms with E-state index >= 15 is 0 Å². The van der Waals surface area contributed by atoms with Crippen molar-refractivity contribution in [3.05, 3.63) is 11.9 Å². The minimum absolute atomic E-state index is 0.404. The van der Waals surface area contributed by atoms with E-state index in [1.54, 1.807) is 13.2 Å². The van der Waals surface area contributed by atoms with Crippen molar-refractivity contribution in [1.82, 2.24) is 20.3 Å². The van der Waals surface area contributed by atoms with Gasteiger partial charge in [0, 0.05) is 19.1 Å². The molecule has 94 valence electrons. The fraction of sp³-hybridized carbons (Fsp3) is 0.818. The van der Waals surface area contributed by atoms with Gasteiger partial charge >= 0.3 is 0 Å². The van der Waals surface area contributed by atoms with Crippen molar-refractivity contribution in [3.63, 3.8) is 0 Å². The van der Waals surface area contributed by atoms with Gasteiger partial charge in [-0.15, -0.1) is 0 Å². The van der Waals surface area contributed by atoms with Crippen molar-refractivity contribution in [2.24, 2.45) is 12.8 Å². The Morgan fingerprint density at radius 2 is 2.18 bits per heavy atom. The van der Waals surface area contributed by atoms with E-state index in [1.807, 2.05) is 0 Å². The zero-order valence-corrected chi connectivity index (χ0v) is 10.0. The molecule has 6 nitrogen and oxygen atoms in total. The molecule has 2 aliphatic rings. The molecule has 4 N–H and O–H groups in total. The van der Waals surface area contributed by atoms with Crippen LogP contribution in [0.25, 0.3) is 0 Å². The SMILES string of the molecule is Cn1ncc(C(N)C2(O)CC3CCC(C2)N3)n1. The lowest BCUT2D eigenvalue weighted by Gasteiger charge is -2.40. The molecule has 1 aromatic rings. The molecule has 17 heavy (non-hydrogen) atoms. The number of aromatic nitrogens is 3. The van der Waals surface area contributed by atoms with Crippen molar-refractivity contribution >= 4 is 0 Å². The summed E-state index contributed by atoms with van der Waals surface area (Å²) in [4.78, 5) is 1.48. The summed E-state index contributed by atoms with van der Waals surface area (Å²) < 4.78 is 0. The van der Waals surface area contributed by atoms with Gasteiger partial charge in [-0.3, -0.25) is 0 Å². The Hall–Kier alpha value is -0.980. The molecular weight excluding hydrogens is 218 g/mol. The second-order valence-electron chi connectivity index (χ2n) is 5.39. The third-order valence-electron chi connectivity index (χ3n) is 4.05. The largest absolute Gasteiger partial charge is 0.388 e. The van der Waals surface area contributed by atoms with Gasteiger partial charge in [-0.1, -0.05) is 0 Å². The van der Waals surface area contributed by atoms with Crippen LogP contribution >= 0.6 is 0 Å². The van der Waals surface area contributed by atoms with E-state index < -0.39 is 11.6 Å². The lowest BCUT2D eigenvalue weighted by atomic mass is 9.80. The fourth-order valence-electron chi connectivity index (χ4n) is 3.19. The van der Waals surface area contributed by atoms with Gasteiger partial charge in [-0.2, -0.15) is 15.0 Å². The molecule has 0 amide bonds. The van der Waals surface area contributed by atoms with E-state index in [2.05, 4.69) is 15.5 Å². The molecule has 1 aromatic heterocycles. The average molecular weight is 237 g/mol. The first-order valence-electron chi connectivity index (χ1n) is 6.17. The number of aryl methyl sites for hydroxylation is 1. The highest BCUT2D eigenvalue weighted by Crippen LogP contribution is 2.39. The summed E-state index contributed by atoms with van der Waals surface area (Å²) in [5.41, 5.74) is 6.01. The van der Waals surface area contributed by atoms with Crippen LogP contribution in [0.4, 0.5) is 0 Å². The number of piperidine rings is 1. The second-order valence-corrected chi connectivity index (χ2v) is 5.39. The Bertz CT molecular complexity index is 406. The van der Waals surface area contributed by atoms with Crippen LogP contribution in [0, 0.1) is 0 Å². The maximum atomic E-state index is 10.7. The third kappa shape index (κ3) is 1.86. The number of rotatable bonds is 2. The molecule has 3 unspecified atom stereocenters. The van der Waals surface area contributed by atoms with Crippen LogP contribution in [-0.2, 0) is 7.05 Å². The fourth-order valence-corrected chi connectivity index (χ4v) is 3.19. The molecular formula is C11H19N5O. The Morgan fingerprint density at radius 1 is 1.53 bits per heavy atom. The van der Waals surface area contributed by atoms with Gasteiger partial charge < -0.3 is 16.2 Å². The van der Waals surface area contributed by atoms with Crippen LogP contribution in [0.5, 0.6) is 0 Å². The van der Waals surface area contributed by atoms with Gasteiger partial charge in [0.25, 0.3) is 0 Å². The maximum Gasteiger partial charge on any atom is 0.102 e. The summed E-state index contributed by atoms with van der Waals surface area (Å²) in [6.45, 7) is 0. The number of nitrogens with zero attached hydrogens (tertiary/aromatic N) is 3. The summed E-state index contributed by atoms with van der Waals surface area (Å²) >= 11 is 0. The highest BCUT2D eigenvalue weighted by Gasteiger charge is 2.47. The first kappa shape index (κ1) is 11.1. The molecule has 0 aliphatic carbocycles. The van der Waals surface area contributed by atoms with E-state index in [0.717, 1.165) is 12.8 Å². The second kappa shape index (κ2) is 3.76. The number of aliphatic hydroxyl groups is 1. The van der Waals surface area contributed by atoms with Crippen LogP contribution in [-0.4, -0.2) is 37.8 Å². The van der Waals surface area contributed by atoms with Crippen LogP contribution in [0.3, 0.4) is 0 Å². The third-order valence-corrected chi connectivity index (χ3v) is 4.05. The Kier molecular flexibility index (Phi) is 2.46. The van der Waals surface area contributed by atoms with Crippen molar-refractivity contribution in [2.75, 3.05) is 0 Å². The van der Waals surface area contributed by atoms with Crippen molar-refractivity contribution in [2.45, 2.75) is 49.4 Å². The lowest BCUT2D eigenvalue weighted by molar-refractivity contribution is -0.0309. The topological polar surface area (TPSA) is 89.0 Å². The molecule has 3 rings (SSSR count). The highest BCUT2D eigenvalue weighted by molar-refractivity contribution is 5.12. The van der Waals surface area contributed by atoms with Gasteiger partial charge in [0.15, 0.2) is 0 Å². The normalized spacial score (nSPS) is 38.3.